The van der Waals surface area contributed by atoms with Gasteiger partial charge < -0.3 is 4.79 Å². The first-order chi connectivity index (χ1) is 5.37. The number of likely N-dealkylation sites (tertiary alicyclic amines) is 1. The smallest absolute Gasteiger partial charge is 0.261 e. The third-order valence-electron chi connectivity index (χ3n) is 2.27. The largest absolute Gasteiger partial charge is 0.301 e. The van der Waals surface area contributed by atoms with E-state index in [4.69, 9.17) is 0 Å². The van der Waals surface area contributed by atoms with Crippen LogP contribution in [0.25, 0.3) is 0 Å². The molecular formula is C8H13F2NO. The maximum atomic E-state index is 12.7. The Labute approximate surface area is 70.5 Å². The van der Waals surface area contributed by atoms with Crippen LogP contribution >= 0.6 is 0 Å². The lowest BCUT2D eigenvalue weighted by Gasteiger charge is -2.29. The van der Waals surface area contributed by atoms with Crippen LogP contribution in [-0.2, 0) is 4.79 Å². The van der Waals surface area contributed by atoms with Gasteiger partial charge in [0, 0.05) is 13.0 Å². The zero-order valence-electron chi connectivity index (χ0n) is 7.31. The second-order valence-corrected chi connectivity index (χ2v) is 3.80. The standard InChI is InChI=1S/C8H13F2NO/c1-7(2,6-12)11-4-3-8(9,10)5-11/h6H,3-5H2,1-2H3. The van der Waals surface area contributed by atoms with E-state index in [2.05, 4.69) is 0 Å². The Hall–Kier alpha value is -0.510. The lowest BCUT2D eigenvalue weighted by Crippen LogP contribution is -2.44. The number of halogens is 2. The minimum absolute atomic E-state index is 0.135. The van der Waals surface area contributed by atoms with Crippen LogP contribution in [0.4, 0.5) is 8.78 Å². The van der Waals surface area contributed by atoms with Crippen LogP contribution < -0.4 is 0 Å². The number of rotatable bonds is 2. The van der Waals surface area contributed by atoms with Gasteiger partial charge in [-0.05, 0) is 13.8 Å². The third kappa shape index (κ3) is 1.80. The molecule has 1 heterocycles. The molecule has 0 radical (unpaired) electrons. The van der Waals surface area contributed by atoms with Gasteiger partial charge in [0.25, 0.3) is 5.92 Å². The fourth-order valence-electron chi connectivity index (χ4n) is 1.30. The van der Waals surface area contributed by atoms with E-state index in [1.54, 1.807) is 13.8 Å². The van der Waals surface area contributed by atoms with E-state index in [0.717, 1.165) is 0 Å². The number of carbonyl (C=O) groups excluding carboxylic acids is 1. The van der Waals surface area contributed by atoms with Gasteiger partial charge in [-0.3, -0.25) is 4.90 Å². The van der Waals surface area contributed by atoms with Gasteiger partial charge in [-0.1, -0.05) is 0 Å². The van der Waals surface area contributed by atoms with Crippen LogP contribution in [0, 0.1) is 0 Å². The summed E-state index contributed by atoms with van der Waals surface area (Å²) in [5.74, 6) is -2.61. The van der Waals surface area contributed by atoms with Gasteiger partial charge in [0.2, 0.25) is 0 Å². The first kappa shape index (κ1) is 9.58. The number of hydrogen-bond donors (Lipinski definition) is 0. The van der Waals surface area contributed by atoms with E-state index in [1.807, 2.05) is 0 Å². The monoisotopic (exact) mass is 177 g/mol. The molecular weight excluding hydrogens is 164 g/mol. The number of hydrogen-bond acceptors (Lipinski definition) is 2. The highest BCUT2D eigenvalue weighted by Crippen LogP contribution is 2.30. The average molecular weight is 177 g/mol. The number of nitrogens with zero attached hydrogens (tertiary/aromatic N) is 1. The maximum Gasteiger partial charge on any atom is 0.261 e. The molecule has 1 aliphatic heterocycles. The molecule has 1 saturated heterocycles. The van der Waals surface area contributed by atoms with Crippen LogP contribution in [0.1, 0.15) is 20.3 Å². The zero-order valence-corrected chi connectivity index (χ0v) is 7.31. The van der Waals surface area contributed by atoms with Crippen molar-refractivity contribution in [1.82, 2.24) is 4.90 Å². The number of alkyl halides is 2. The average Bonchev–Trinajstić information content (AvgIpc) is 2.31. The van der Waals surface area contributed by atoms with Crippen molar-refractivity contribution in [3.8, 4) is 0 Å². The Morgan fingerprint density at radius 2 is 2.08 bits per heavy atom. The predicted molar refractivity (Wildman–Crippen MR) is 41.3 cm³/mol. The van der Waals surface area contributed by atoms with Crippen LogP contribution in [0.3, 0.4) is 0 Å². The van der Waals surface area contributed by atoms with E-state index in [0.29, 0.717) is 12.8 Å². The molecule has 0 aliphatic carbocycles. The quantitative estimate of drug-likeness (QED) is 0.592. The van der Waals surface area contributed by atoms with Crippen LogP contribution in [0.2, 0.25) is 0 Å². The van der Waals surface area contributed by atoms with Crippen LogP contribution in [-0.4, -0.2) is 35.7 Å². The summed E-state index contributed by atoms with van der Waals surface area (Å²) in [6.45, 7) is 3.32. The third-order valence-corrected chi connectivity index (χ3v) is 2.27. The lowest BCUT2D eigenvalue weighted by molar-refractivity contribution is -0.117. The molecule has 4 heteroatoms. The molecule has 0 amide bonds. The minimum Gasteiger partial charge on any atom is -0.301 e. The van der Waals surface area contributed by atoms with Crippen molar-refractivity contribution in [1.29, 1.82) is 0 Å². The highest BCUT2D eigenvalue weighted by molar-refractivity contribution is 5.62. The molecule has 0 aromatic carbocycles. The van der Waals surface area contributed by atoms with Gasteiger partial charge in [0.05, 0.1) is 12.1 Å². The molecule has 1 fully saturated rings. The topological polar surface area (TPSA) is 20.3 Å². The van der Waals surface area contributed by atoms with Crippen molar-refractivity contribution < 1.29 is 13.6 Å². The Morgan fingerprint density at radius 3 is 2.42 bits per heavy atom. The van der Waals surface area contributed by atoms with E-state index in [1.165, 1.54) is 4.90 Å². The van der Waals surface area contributed by atoms with E-state index >= 15 is 0 Å². The maximum absolute atomic E-state index is 12.7. The van der Waals surface area contributed by atoms with E-state index in [-0.39, 0.29) is 13.0 Å². The van der Waals surface area contributed by atoms with Crippen LogP contribution in [0.5, 0.6) is 0 Å². The van der Waals surface area contributed by atoms with Crippen molar-refractivity contribution in [2.75, 3.05) is 13.1 Å². The van der Waals surface area contributed by atoms with Gasteiger partial charge >= 0.3 is 0 Å². The second-order valence-electron chi connectivity index (χ2n) is 3.80. The highest BCUT2D eigenvalue weighted by Gasteiger charge is 2.43. The summed E-state index contributed by atoms with van der Waals surface area (Å²) < 4.78 is 25.4. The zero-order chi connectivity index (χ0) is 9.41. The van der Waals surface area contributed by atoms with E-state index < -0.39 is 11.5 Å². The van der Waals surface area contributed by atoms with Crippen molar-refractivity contribution >= 4 is 6.29 Å². The molecule has 0 unspecified atom stereocenters. The molecule has 1 aliphatic rings. The minimum atomic E-state index is -2.61. The molecule has 0 atom stereocenters. The summed E-state index contributed by atoms with van der Waals surface area (Å²) in [7, 11) is 0. The molecule has 12 heavy (non-hydrogen) atoms. The van der Waals surface area contributed by atoms with Gasteiger partial charge in [-0.2, -0.15) is 0 Å². The second kappa shape index (κ2) is 2.76. The first-order valence-corrected chi connectivity index (χ1v) is 3.97. The Balaban J connectivity index is 2.63. The van der Waals surface area contributed by atoms with Gasteiger partial charge in [0.1, 0.15) is 6.29 Å². The summed E-state index contributed by atoms with van der Waals surface area (Å²) in [5.41, 5.74) is -0.750. The lowest BCUT2D eigenvalue weighted by atomic mass is 10.1. The molecule has 1 rings (SSSR count). The molecule has 0 N–H and O–H groups in total. The number of carbonyl (C=O) groups is 1. The van der Waals surface area contributed by atoms with Gasteiger partial charge in [-0.15, -0.1) is 0 Å². The van der Waals surface area contributed by atoms with Gasteiger partial charge in [-0.25, -0.2) is 8.78 Å². The summed E-state index contributed by atoms with van der Waals surface area (Å²) in [5, 5.41) is 0. The molecule has 0 aromatic rings. The molecule has 0 bridgehead atoms. The summed E-state index contributed by atoms with van der Waals surface area (Å²) >= 11 is 0. The first-order valence-electron chi connectivity index (χ1n) is 3.97. The molecule has 0 spiro atoms. The molecule has 70 valence electrons. The Kier molecular flexibility index (Phi) is 2.21. The normalized spacial score (nSPS) is 24.3. The summed E-state index contributed by atoms with van der Waals surface area (Å²) in [6, 6.07) is 0. The fraction of sp³-hybridized carbons (Fsp3) is 0.875. The van der Waals surface area contributed by atoms with E-state index in [9.17, 15) is 13.6 Å². The fourth-order valence-corrected chi connectivity index (χ4v) is 1.30. The van der Waals surface area contributed by atoms with Crippen LogP contribution in [0.15, 0.2) is 0 Å². The molecule has 0 aromatic heterocycles. The van der Waals surface area contributed by atoms with Crippen molar-refractivity contribution in [3.05, 3.63) is 0 Å². The van der Waals surface area contributed by atoms with Crippen molar-refractivity contribution in [2.45, 2.75) is 31.7 Å². The SMILES string of the molecule is CC(C)(C=O)N1CCC(F)(F)C1. The Bertz CT molecular complexity index is 191. The molecule has 2 nitrogen and oxygen atoms in total. The Morgan fingerprint density at radius 1 is 1.50 bits per heavy atom. The van der Waals surface area contributed by atoms with Crippen molar-refractivity contribution in [2.24, 2.45) is 0 Å². The predicted octanol–water partition coefficient (Wildman–Crippen LogP) is 1.30. The highest BCUT2D eigenvalue weighted by atomic mass is 19.3. The molecule has 0 saturated carbocycles. The van der Waals surface area contributed by atoms with Crippen molar-refractivity contribution in [3.63, 3.8) is 0 Å². The summed E-state index contributed by atoms with van der Waals surface area (Å²) in [6.07, 6.45) is 0.582. The van der Waals surface area contributed by atoms with Gasteiger partial charge in [0.15, 0.2) is 0 Å². The number of aldehydes is 1. The summed E-state index contributed by atoms with van der Waals surface area (Å²) in [4.78, 5) is 12.1.